The van der Waals surface area contributed by atoms with Crippen LogP contribution in [0.25, 0.3) is 0 Å². The molecule has 1 N–H and O–H groups in total. The highest BCUT2D eigenvalue weighted by Crippen LogP contribution is 2.31. The number of carbonyl (C=O) groups excluding carboxylic acids is 1. The molecule has 154 valence electrons. The first kappa shape index (κ1) is 20.9. The normalized spacial score (nSPS) is 15.3. The van der Waals surface area contributed by atoms with Crippen LogP contribution in [0.1, 0.15) is 35.8 Å². The number of rotatable bonds is 6. The van der Waals surface area contributed by atoms with Gasteiger partial charge in [0.2, 0.25) is 11.9 Å². The van der Waals surface area contributed by atoms with E-state index >= 15 is 0 Å². The largest absolute Gasteiger partial charge is 0.339 e. The molecule has 29 heavy (non-hydrogen) atoms. The molecule has 8 heteroatoms. The second-order valence-corrected chi connectivity index (χ2v) is 7.65. The third kappa shape index (κ3) is 5.80. The second kappa shape index (κ2) is 9.56. The van der Waals surface area contributed by atoms with Gasteiger partial charge in [0.25, 0.3) is 0 Å². The minimum absolute atomic E-state index is 0.0754. The fraction of sp³-hybridized carbons (Fsp3) is 0.476. The lowest BCUT2D eigenvalue weighted by molar-refractivity contribution is -0.127. The summed E-state index contributed by atoms with van der Waals surface area (Å²) < 4.78 is 0. The number of nitrogens with one attached hydrogen (secondary N) is 1. The summed E-state index contributed by atoms with van der Waals surface area (Å²) >= 11 is 0. The average molecular weight is 396 g/mol. The van der Waals surface area contributed by atoms with Crippen molar-refractivity contribution in [2.24, 2.45) is 0 Å². The molecule has 2 aromatic heterocycles. The van der Waals surface area contributed by atoms with Crippen LogP contribution in [-0.2, 0) is 4.79 Å². The van der Waals surface area contributed by atoms with Crippen molar-refractivity contribution in [2.75, 3.05) is 39.0 Å². The summed E-state index contributed by atoms with van der Waals surface area (Å²) in [6, 6.07) is 1.93. The van der Waals surface area contributed by atoms with Gasteiger partial charge in [0.05, 0.1) is 5.69 Å². The zero-order chi connectivity index (χ0) is 20.8. The van der Waals surface area contributed by atoms with Crippen LogP contribution in [0.4, 0.5) is 11.8 Å². The van der Waals surface area contributed by atoms with E-state index in [4.69, 9.17) is 0 Å². The van der Waals surface area contributed by atoms with E-state index in [-0.39, 0.29) is 11.8 Å². The molecular weight excluding hydrogens is 366 g/mol. The molecule has 1 fully saturated rings. The first-order chi connectivity index (χ1) is 13.9. The highest BCUT2D eigenvalue weighted by molar-refractivity contribution is 5.87. The monoisotopic (exact) mass is 395 g/mol. The Bertz CT molecular complexity index is 853. The van der Waals surface area contributed by atoms with Crippen LogP contribution in [0.15, 0.2) is 30.6 Å². The van der Waals surface area contributed by atoms with Crippen molar-refractivity contribution in [3.63, 3.8) is 0 Å². The average Bonchev–Trinajstić information content (AvgIpc) is 2.67. The van der Waals surface area contributed by atoms with Crippen LogP contribution >= 0.6 is 0 Å². The summed E-state index contributed by atoms with van der Waals surface area (Å²) in [4.78, 5) is 34.2. The maximum Gasteiger partial charge on any atom is 0.246 e. The molecule has 0 unspecified atom stereocenters. The van der Waals surface area contributed by atoms with Crippen molar-refractivity contribution in [3.8, 4) is 0 Å². The van der Waals surface area contributed by atoms with E-state index in [0.717, 1.165) is 36.5 Å². The van der Waals surface area contributed by atoms with Gasteiger partial charge in [-0.15, -0.1) is 0 Å². The van der Waals surface area contributed by atoms with Gasteiger partial charge in [0.1, 0.15) is 0 Å². The summed E-state index contributed by atoms with van der Waals surface area (Å²) in [5.41, 5.74) is 2.71. The molecule has 0 aromatic carbocycles. The third-order valence-electron chi connectivity index (χ3n) is 4.86. The minimum Gasteiger partial charge on any atom is -0.339 e. The zero-order valence-corrected chi connectivity index (χ0v) is 17.6. The Balaban J connectivity index is 1.65. The first-order valence-electron chi connectivity index (χ1n) is 9.92. The summed E-state index contributed by atoms with van der Waals surface area (Å²) in [6.07, 6.45) is 8.67. The van der Waals surface area contributed by atoms with Gasteiger partial charge >= 0.3 is 0 Å². The lowest BCUT2D eigenvalue weighted by Gasteiger charge is -2.31. The van der Waals surface area contributed by atoms with Gasteiger partial charge in [-0.2, -0.15) is 0 Å². The van der Waals surface area contributed by atoms with Crippen molar-refractivity contribution in [1.82, 2.24) is 29.7 Å². The van der Waals surface area contributed by atoms with Crippen molar-refractivity contribution < 1.29 is 4.79 Å². The van der Waals surface area contributed by atoms with Crippen molar-refractivity contribution >= 4 is 17.7 Å². The maximum atomic E-state index is 12.4. The number of hydrogen-bond donors (Lipinski definition) is 1. The Morgan fingerprint density at radius 1 is 1.17 bits per heavy atom. The Morgan fingerprint density at radius 2 is 1.83 bits per heavy atom. The van der Waals surface area contributed by atoms with Gasteiger partial charge in [-0.3, -0.25) is 9.78 Å². The van der Waals surface area contributed by atoms with Crippen molar-refractivity contribution in [2.45, 2.75) is 32.6 Å². The molecule has 0 saturated carbocycles. The molecule has 1 amide bonds. The number of nitrogens with zero attached hydrogens (tertiary/aromatic N) is 6. The molecule has 1 aliphatic rings. The van der Waals surface area contributed by atoms with Crippen LogP contribution in [-0.4, -0.2) is 69.4 Å². The zero-order valence-electron chi connectivity index (χ0n) is 17.6. The number of piperidine rings is 1. The molecular formula is C21H29N7O. The number of aromatic nitrogens is 4. The molecule has 0 aliphatic carbocycles. The number of anilines is 2. The van der Waals surface area contributed by atoms with Gasteiger partial charge in [0.15, 0.2) is 5.82 Å². The molecule has 8 nitrogen and oxygen atoms in total. The number of carbonyl (C=O) groups is 1. The summed E-state index contributed by atoms with van der Waals surface area (Å²) in [7, 11) is 3.96. The van der Waals surface area contributed by atoms with E-state index in [2.05, 4.69) is 25.3 Å². The van der Waals surface area contributed by atoms with E-state index in [1.807, 2.05) is 49.9 Å². The Hall–Kier alpha value is -2.87. The standard InChI is InChI=1S/C21H29N7O/c1-15-14-16(2)25-21(24-15)26-20-19(22-9-10-23-20)17-7-12-28(13-8-17)18(29)6-5-11-27(3)4/h5-6,9-10,14,17H,7-8,11-13H2,1-4H3,(H,23,24,25,26)/b6-5+. The lowest BCUT2D eigenvalue weighted by atomic mass is 9.93. The lowest BCUT2D eigenvalue weighted by Crippen LogP contribution is -2.37. The molecule has 2 aromatic rings. The topological polar surface area (TPSA) is 87.1 Å². The maximum absolute atomic E-state index is 12.4. The molecule has 0 radical (unpaired) electrons. The number of hydrogen-bond acceptors (Lipinski definition) is 7. The van der Waals surface area contributed by atoms with Gasteiger partial charge in [-0.1, -0.05) is 6.08 Å². The van der Waals surface area contributed by atoms with E-state index in [1.54, 1.807) is 18.5 Å². The van der Waals surface area contributed by atoms with Crippen LogP contribution in [0.5, 0.6) is 0 Å². The van der Waals surface area contributed by atoms with Crippen molar-refractivity contribution in [3.05, 3.63) is 47.7 Å². The fourth-order valence-electron chi connectivity index (χ4n) is 3.47. The molecule has 1 aliphatic heterocycles. The van der Waals surface area contributed by atoms with Gasteiger partial charge in [0, 0.05) is 55.4 Å². The van der Waals surface area contributed by atoms with Crippen LogP contribution in [0.3, 0.4) is 0 Å². The fourth-order valence-corrected chi connectivity index (χ4v) is 3.47. The first-order valence-corrected chi connectivity index (χ1v) is 9.92. The predicted molar refractivity (Wildman–Crippen MR) is 113 cm³/mol. The molecule has 3 rings (SSSR count). The minimum atomic E-state index is 0.0754. The summed E-state index contributed by atoms with van der Waals surface area (Å²) in [6.45, 7) is 6.07. The van der Waals surface area contributed by atoms with Crippen LogP contribution in [0, 0.1) is 13.8 Å². The Morgan fingerprint density at radius 3 is 2.48 bits per heavy atom. The summed E-state index contributed by atoms with van der Waals surface area (Å²) in [5, 5.41) is 3.23. The van der Waals surface area contributed by atoms with Gasteiger partial charge < -0.3 is 15.1 Å². The SMILES string of the molecule is Cc1cc(C)nc(Nc2nccnc2C2CCN(C(=O)/C=C/CN(C)C)CC2)n1. The number of amides is 1. The molecule has 0 bridgehead atoms. The highest BCUT2D eigenvalue weighted by Gasteiger charge is 2.26. The van der Waals surface area contributed by atoms with Crippen LogP contribution in [0.2, 0.25) is 0 Å². The molecule has 0 spiro atoms. The van der Waals surface area contributed by atoms with E-state index < -0.39 is 0 Å². The predicted octanol–water partition coefficient (Wildman–Crippen LogP) is 2.45. The highest BCUT2D eigenvalue weighted by atomic mass is 16.2. The smallest absolute Gasteiger partial charge is 0.246 e. The molecule has 1 saturated heterocycles. The van der Waals surface area contributed by atoms with Gasteiger partial charge in [-0.25, -0.2) is 15.0 Å². The molecule has 0 atom stereocenters. The van der Waals surface area contributed by atoms with E-state index in [9.17, 15) is 4.79 Å². The second-order valence-electron chi connectivity index (χ2n) is 7.65. The van der Waals surface area contributed by atoms with E-state index in [0.29, 0.717) is 24.9 Å². The Kier molecular flexibility index (Phi) is 6.87. The number of aryl methyl sites for hydroxylation is 2. The summed E-state index contributed by atoms with van der Waals surface area (Å²) in [5.74, 6) is 1.54. The quantitative estimate of drug-likeness (QED) is 0.752. The third-order valence-corrected chi connectivity index (χ3v) is 4.86. The van der Waals surface area contributed by atoms with Gasteiger partial charge in [-0.05, 0) is 46.9 Å². The number of likely N-dealkylation sites (tertiary alicyclic amines) is 1. The Labute approximate surface area is 172 Å². The van der Waals surface area contributed by atoms with Crippen LogP contribution < -0.4 is 5.32 Å². The number of likely N-dealkylation sites (N-methyl/N-ethyl adjacent to an activating group) is 1. The van der Waals surface area contributed by atoms with Crippen molar-refractivity contribution in [1.29, 1.82) is 0 Å². The molecule has 3 heterocycles. The van der Waals surface area contributed by atoms with E-state index in [1.165, 1.54) is 0 Å².